The number of Topliss-reactive ketones (excluding diaryl/α,β-unsaturated/α-hetero) is 1. The lowest BCUT2D eigenvalue weighted by Crippen LogP contribution is -2.28. The standard InChI is InChI=1S/C26H37N3O/c1-17-6-7-20(18(2)12-17)15-23(30)10-11-24-27-28-25(29(24)22-8-9-22)21-13-19(14-21)16-26(3,4)5/h6-7,12,19,21-22H,8-11,13-16H2,1-5H3. The van der Waals surface area contributed by atoms with E-state index in [1.54, 1.807) is 0 Å². The summed E-state index contributed by atoms with van der Waals surface area (Å²) >= 11 is 0. The summed E-state index contributed by atoms with van der Waals surface area (Å²) in [6.07, 6.45) is 8.02. The maximum atomic E-state index is 12.6. The highest BCUT2D eigenvalue weighted by molar-refractivity contribution is 5.81. The zero-order valence-corrected chi connectivity index (χ0v) is 19.4. The number of nitrogens with zero attached hydrogens (tertiary/aromatic N) is 3. The van der Waals surface area contributed by atoms with Gasteiger partial charge in [0.05, 0.1) is 0 Å². The van der Waals surface area contributed by atoms with Crippen molar-refractivity contribution in [3.63, 3.8) is 0 Å². The monoisotopic (exact) mass is 407 g/mol. The second-order valence-electron chi connectivity index (χ2n) is 11.0. The highest BCUT2D eigenvalue weighted by atomic mass is 16.1. The minimum absolute atomic E-state index is 0.294. The first-order valence-corrected chi connectivity index (χ1v) is 11.7. The molecule has 30 heavy (non-hydrogen) atoms. The second-order valence-corrected chi connectivity index (χ2v) is 11.0. The summed E-state index contributed by atoms with van der Waals surface area (Å²) in [7, 11) is 0. The molecule has 0 radical (unpaired) electrons. The van der Waals surface area contributed by atoms with Gasteiger partial charge in [0.1, 0.15) is 17.4 Å². The Balaban J connectivity index is 1.36. The fourth-order valence-electron chi connectivity index (χ4n) is 5.09. The lowest BCUT2D eigenvalue weighted by Gasteiger charge is -2.38. The lowest BCUT2D eigenvalue weighted by molar-refractivity contribution is -0.118. The number of benzene rings is 1. The van der Waals surface area contributed by atoms with Crippen molar-refractivity contribution in [2.24, 2.45) is 11.3 Å². The van der Waals surface area contributed by atoms with Crippen LogP contribution in [0.5, 0.6) is 0 Å². The molecule has 4 nitrogen and oxygen atoms in total. The molecule has 2 fully saturated rings. The van der Waals surface area contributed by atoms with E-state index in [4.69, 9.17) is 0 Å². The van der Waals surface area contributed by atoms with Crippen LogP contribution in [0.25, 0.3) is 0 Å². The fraction of sp³-hybridized carbons (Fsp3) is 0.654. The molecule has 0 aliphatic heterocycles. The van der Waals surface area contributed by atoms with Gasteiger partial charge < -0.3 is 4.57 Å². The van der Waals surface area contributed by atoms with Crippen molar-refractivity contribution in [1.82, 2.24) is 14.8 Å². The van der Waals surface area contributed by atoms with Gasteiger partial charge in [-0.05, 0) is 68.4 Å². The second kappa shape index (κ2) is 8.28. The van der Waals surface area contributed by atoms with E-state index in [-0.39, 0.29) is 0 Å². The molecule has 2 aliphatic carbocycles. The molecule has 0 atom stereocenters. The molecule has 2 aromatic rings. The van der Waals surface area contributed by atoms with Crippen molar-refractivity contribution in [3.8, 4) is 0 Å². The van der Waals surface area contributed by atoms with Crippen molar-refractivity contribution in [2.45, 2.75) is 97.9 Å². The van der Waals surface area contributed by atoms with E-state index in [2.05, 4.69) is 67.6 Å². The molecule has 2 aliphatic rings. The van der Waals surface area contributed by atoms with Crippen LogP contribution in [-0.2, 0) is 17.6 Å². The number of aromatic nitrogens is 3. The van der Waals surface area contributed by atoms with E-state index < -0.39 is 0 Å². The first-order chi connectivity index (χ1) is 14.2. The average Bonchev–Trinajstić information content (AvgIpc) is 3.37. The number of aryl methyl sites for hydroxylation is 3. The molecule has 4 rings (SSSR count). The van der Waals surface area contributed by atoms with Crippen LogP contribution in [0.2, 0.25) is 0 Å². The Kier molecular flexibility index (Phi) is 5.87. The van der Waals surface area contributed by atoms with E-state index in [0.717, 1.165) is 17.3 Å². The highest BCUT2D eigenvalue weighted by Crippen LogP contribution is 2.48. The molecule has 4 heteroatoms. The van der Waals surface area contributed by atoms with Crippen molar-refractivity contribution < 1.29 is 4.79 Å². The molecule has 1 heterocycles. The Bertz CT molecular complexity index is 911. The van der Waals surface area contributed by atoms with Gasteiger partial charge in [0.15, 0.2) is 0 Å². The Morgan fingerprint density at radius 1 is 1.13 bits per heavy atom. The van der Waals surface area contributed by atoms with Gasteiger partial charge >= 0.3 is 0 Å². The quantitative estimate of drug-likeness (QED) is 0.547. The average molecular weight is 408 g/mol. The number of carbonyl (C=O) groups is 1. The SMILES string of the molecule is Cc1ccc(CC(=O)CCc2nnc(C3CC(CC(C)(C)C)C3)n2C2CC2)c(C)c1. The molecule has 0 unspecified atom stereocenters. The highest BCUT2D eigenvalue weighted by Gasteiger charge is 2.39. The minimum atomic E-state index is 0.294. The number of hydrogen-bond acceptors (Lipinski definition) is 3. The van der Waals surface area contributed by atoms with E-state index >= 15 is 0 Å². The van der Waals surface area contributed by atoms with E-state index in [9.17, 15) is 4.79 Å². The molecule has 162 valence electrons. The van der Waals surface area contributed by atoms with Gasteiger partial charge in [-0.2, -0.15) is 0 Å². The van der Waals surface area contributed by atoms with Crippen LogP contribution in [0.4, 0.5) is 0 Å². The van der Waals surface area contributed by atoms with Crippen molar-refractivity contribution in [1.29, 1.82) is 0 Å². The Labute approximate surface area is 181 Å². The Morgan fingerprint density at radius 2 is 1.87 bits per heavy atom. The summed E-state index contributed by atoms with van der Waals surface area (Å²) in [6, 6.07) is 6.92. The lowest BCUT2D eigenvalue weighted by atomic mass is 9.68. The molecule has 0 amide bonds. The summed E-state index contributed by atoms with van der Waals surface area (Å²) in [5, 5.41) is 9.17. The fourth-order valence-corrected chi connectivity index (χ4v) is 5.09. The van der Waals surface area contributed by atoms with E-state index in [0.29, 0.717) is 42.4 Å². The van der Waals surface area contributed by atoms with Crippen LogP contribution in [0.3, 0.4) is 0 Å². The van der Waals surface area contributed by atoms with Gasteiger partial charge in [-0.1, -0.05) is 44.5 Å². The molecule has 2 saturated carbocycles. The smallest absolute Gasteiger partial charge is 0.137 e. The number of ketones is 1. The van der Waals surface area contributed by atoms with Crippen molar-refractivity contribution in [3.05, 3.63) is 46.5 Å². The summed E-state index contributed by atoms with van der Waals surface area (Å²) in [5.74, 6) is 3.90. The van der Waals surface area contributed by atoms with Crippen molar-refractivity contribution in [2.75, 3.05) is 0 Å². The molecular formula is C26H37N3O. The normalized spacial score (nSPS) is 21.5. The van der Waals surface area contributed by atoms with Crippen LogP contribution in [-0.4, -0.2) is 20.5 Å². The zero-order chi connectivity index (χ0) is 21.5. The van der Waals surface area contributed by atoms with Gasteiger partial charge in [0, 0.05) is 31.2 Å². The van der Waals surface area contributed by atoms with Gasteiger partial charge in [0.2, 0.25) is 0 Å². The molecule has 0 spiro atoms. The Morgan fingerprint density at radius 3 is 2.50 bits per heavy atom. The van der Waals surface area contributed by atoms with E-state index in [1.807, 2.05) is 0 Å². The summed E-state index contributed by atoms with van der Waals surface area (Å²) in [6.45, 7) is 11.2. The molecule has 0 N–H and O–H groups in total. The largest absolute Gasteiger partial charge is 0.312 e. The van der Waals surface area contributed by atoms with Crippen LogP contribution in [0.15, 0.2) is 18.2 Å². The predicted molar refractivity (Wildman–Crippen MR) is 121 cm³/mol. The van der Waals surface area contributed by atoms with Crippen LogP contribution >= 0.6 is 0 Å². The maximum Gasteiger partial charge on any atom is 0.137 e. The number of carbonyl (C=O) groups excluding carboxylic acids is 1. The topological polar surface area (TPSA) is 47.8 Å². The molecule has 0 saturated heterocycles. The van der Waals surface area contributed by atoms with E-state index in [1.165, 1.54) is 49.1 Å². The predicted octanol–water partition coefficient (Wildman–Crippen LogP) is 5.90. The van der Waals surface area contributed by atoms with Gasteiger partial charge in [-0.3, -0.25) is 4.79 Å². The third-order valence-corrected chi connectivity index (χ3v) is 6.72. The van der Waals surface area contributed by atoms with Gasteiger partial charge in [0.25, 0.3) is 0 Å². The minimum Gasteiger partial charge on any atom is -0.312 e. The van der Waals surface area contributed by atoms with Gasteiger partial charge in [-0.25, -0.2) is 0 Å². The Hall–Kier alpha value is -1.97. The third-order valence-electron chi connectivity index (χ3n) is 6.72. The van der Waals surface area contributed by atoms with Crippen molar-refractivity contribution >= 4 is 5.78 Å². The van der Waals surface area contributed by atoms with Crippen LogP contribution in [0, 0.1) is 25.2 Å². The first kappa shape index (κ1) is 21.3. The summed E-state index contributed by atoms with van der Waals surface area (Å²) < 4.78 is 2.41. The van der Waals surface area contributed by atoms with Gasteiger partial charge in [-0.15, -0.1) is 10.2 Å². The first-order valence-electron chi connectivity index (χ1n) is 11.7. The molecule has 0 bridgehead atoms. The number of hydrogen-bond donors (Lipinski definition) is 0. The molecule has 1 aromatic carbocycles. The zero-order valence-electron chi connectivity index (χ0n) is 19.4. The summed E-state index contributed by atoms with van der Waals surface area (Å²) in [5.41, 5.74) is 4.01. The number of rotatable bonds is 8. The molecule has 1 aromatic heterocycles. The maximum absolute atomic E-state index is 12.6. The van der Waals surface area contributed by atoms with Crippen LogP contribution in [0.1, 0.15) is 99.6 Å². The summed E-state index contributed by atoms with van der Waals surface area (Å²) in [4.78, 5) is 12.6. The third kappa shape index (κ3) is 5.01. The van der Waals surface area contributed by atoms with Crippen LogP contribution < -0.4 is 0 Å². The molecular weight excluding hydrogens is 370 g/mol.